The quantitative estimate of drug-likeness (QED) is 0.828. The molecule has 1 aliphatic rings. The van der Waals surface area contributed by atoms with Crippen molar-refractivity contribution in [2.24, 2.45) is 5.73 Å². The zero-order chi connectivity index (χ0) is 14.0. The number of rotatable bonds is 4. The number of carbonyl (C=O) groups is 1. The van der Waals surface area contributed by atoms with Crippen LogP contribution in [0, 0.1) is 0 Å². The summed E-state index contributed by atoms with van der Waals surface area (Å²) in [6, 6.07) is 4.09. The summed E-state index contributed by atoms with van der Waals surface area (Å²) in [6.07, 6.45) is -5.14. The zero-order valence-corrected chi connectivity index (χ0v) is 9.96. The molecule has 0 saturated carbocycles. The van der Waals surface area contributed by atoms with E-state index in [1.165, 1.54) is 0 Å². The molecule has 1 aliphatic heterocycles. The standard InChI is InChI=1S/C12H13F3N2O2/c13-12(14,15)4-1-5-19-7-2-3-8-9(6-7)17-11(18)10(8)16/h2-3,6,10H,1,4-5,16H2,(H,17,18). The second-order valence-corrected chi connectivity index (χ2v) is 4.28. The Morgan fingerprint density at radius 2 is 2.11 bits per heavy atom. The Balaban J connectivity index is 1.90. The monoisotopic (exact) mass is 274 g/mol. The Bertz CT molecular complexity index is 488. The molecule has 19 heavy (non-hydrogen) atoms. The van der Waals surface area contributed by atoms with E-state index in [9.17, 15) is 18.0 Å². The number of halogens is 3. The number of anilines is 1. The van der Waals surface area contributed by atoms with Gasteiger partial charge in [0, 0.05) is 23.7 Å². The van der Waals surface area contributed by atoms with Crippen molar-refractivity contribution in [3.8, 4) is 5.75 Å². The summed E-state index contributed by atoms with van der Waals surface area (Å²) in [4.78, 5) is 11.3. The lowest BCUT2D eigenvalue weighted by atomic mass is 10.1. The van der Waals surface area contributed by atoms with Crippen molar-refractivity contribution in [3.63, 3.8) is 0 Å². The molecule has 0 aliphatic carbocycles. The van der Waals surface area contributed by atoms with Gasteiger partial charge >= 0.3 is 6.18 Å². The van der Waals surface area contributed by atoms with E-state index in [0.29, 0.717) is 17.0 Å². The molecule has 1 unspecified atom stereocenters. The number of ether oxygens (including phenoxy) is 1. The first kappa shape index (κ1) is 13.7. The minimum absolute atomic E-state index is 0.0295. The number of fused-ring (bicyclic) bond motifs is 1. The maximum absolute atomic E-state index is 11.9. The summed E-state index contributed by atoms with van der Waals surface area (Å²) in [5, 5.41) is 2.58. The molecule has 0 fully saturated rings. The van der Waals surface area contributed by atoms with E-state index in [1.54, 1.807) is 18.2 Å². The fourth-order valence-electron chi connectivity index (χ4n) is 1.82. The Morgan fingerprint density at radius 1 is 1.37 bits per heavy atom. The van der Waals surface area contributed by atoms with Crippen LogP contribution in [0.3, 0.4) is 0 Å². The number of benzene rings is 1. The van der Waals surface area contributed by atoms with Gasteiger partial charge in [0.1, 0.15) is 11.8 Å². The maximum atomic E-state index is 11.9. The van der Waals surface area contributed by atoms with E-state index >= 15 is 0 Å². The van der Waals surface area contributed by atoms with Gasteiger partial charge in [0.2, 0.25) is 5.91 Å². The highest BCUT2D eigenvalue weighted by Crippen LogP contribution is 2.32. The van der Waals surface area contributed by atoms with E-state index in [1.807, 2.05) is 0 Å². The molecular formula is C12H13F3N2O2. The summed E-state index contributed by atoms with van der Waals surface area (Å²) < 4.78 is 41.0. The Morgan fingerprint density at radius 3 is 2.79 bits per heavy atom. The van der Waals surface area contributed by atoms with Crippen molar-refractivity contribution < 1.29 is 22.7 Å². The predicted octanol–water partition coefficient (Wildman–Crippen LogP) is 2.36. The molecule has 4 nitrogen and oxygen atoms in total. The molecule has 1 aromatic carbocycles. The Kier molecular flexibility index (Phi) is 3.66. The largest absolute Gasteiger partial charge is 0.494 e. The summed E-state index contributed by atoms with van der Waals surface area (Å²) >= 11 is 0. The number of amides is 1. The Hall–Kier alpha value is -1.76. The number of hydrogen-bond donors (Lipinski definition) is 2. The summed E-state index contributed by atoms with van der Waals surface area (Å²) in [5.74, 6) is 0.111. The second kappa shape index (κ2) is 5.08. The lowest BCUT2D eigenvalue weighted by Crippen LogP contribution is -2.19. The number of nitrogens with one attached hydrogen (secondary N) is 1. The molecule has 1 heterocycles. The van der Waals surface area contributed by atoms with Crippen LogP contribution in [-0.4, -0.2) is 18.7 Å². The highest BCUT2D eigenvalue weighted by molar-refractivity contribution is 6.02. The molecule has 1 amide bonds. The van der Waals surface area contributed by atoms with Crippen LogP contribution in [0.25, 0.3) is 0 Å². The van der Waals surface area contributed by atoms with Gasteiger partial charge in [0.15, 0.2) is 0 Å². The highest BCUT2D eigenvalue weighted by Gasteiger charge is 2.28. The molecule has 1 aromatic rings. The second-order valence-electron chi connectivity index (χ2n) is 4.28. The third kappa shape index (κ3) is 3.37. The normalized spacial score (nSPS) is 18.1. The lowest BCUT2D eigenvalue weighted by Gasteiger charge is -2.09. The van der Waals surface area contributed by atoms with Crippen LogP contribution >= 0.6 is 0 Å². The number of carbonyl (C=O) groups excluding carboxylic acids is 1. The number of alkyl halides is 3. The lowest BCUT2D eigenvalue weighted by molar-refractivity contribution is -0.136. The summed E-state index contributed by atoms with van der Waals surface area (Å²) in [5.41, 5.74) is 6.84. The van der Waals surface area contributed by atoms with Gasteiger partial charge in [-0.3, -0.25) is 4.79 Å². The Labute approximate surface area is 107 Å². The van der Waals surface area contributed by atoms with E-state index < -0.39 is 18.6 Å². The first-order valence-corrected chi connectivity index (χ1v) is 5.77. The van der Waals surface area contributed by atoms with Crippen LogP contribution in [0.4, 0.5) is 18.9 Å². The van der Waals surface area contributed by atoms with Crippen LogP contribution in [0.15, 0.2) is 18.2 Å². The topological polar surface area (TPSA) is 64.4 Å². The van der Waals surface area contributed by atoms with Gasteiger partial charge in [0.05, 0.1) is 6.61 Å². The minimum Gasteiger partial charge on any atom is -0.494 e. The van der Waals surface area contributed by atoms with Gasteiger partial charge < -0.3 is 15.8 Å². The van der Waals surface area contributed by atoms with Gasteiger partial charge in [-0.25, -0.2) is 0 Å². The third-order valence-electron chi connectivity index (χ3n) is 2.77. The molecule has 0 radical (unpaired) electrons. The van der Waals surface area contributed by atoms with Gasteiger partial charge in [0.25, 0.3) is 0 Å². The van der Waals surface area contributed by atoms with Gasteiger partial charge in [-0.05, 0) is 12.5 Å². The van der Waals surface area contributed by atoms with Crippen molar-refractivity contribution in [3.05, 3.63) is 23.8 Å². The van der Waals surface area contributed by atoms with E-state index in [4.69, 9.17) is 10.5 Å². The molecule has 2 rings (SSSR count). The van der Waals surface area contributed by atoms with Crippen molar-refractivity contribution in [2.75, 3.05) is 11.9 Å². The highest BCUT2D eigenvalue weighted by atomic mass is 19.4. The number of hydrogen-bond acceptors (Lipinski definition) is 3. The van der Waals surface area contributed by atoms with E-state index in [-0.39, 0.29) is 18.9 Å². The molecular weight excluding hydrogens is 261 g/mol. The first-order valence-electron chi connectivity index (χ1n) is 5.77. The van der Waals surface area contributed by atoms with Crippen LogP contribution in [0.5, 0.6) is 5.75 Å². The molecule has 0 aromatic heterocycles. The van der Waals surface area contributed by atoms with Gasteiger partial charge in [-0.1, -0.05) is 6.07 Å². The van der Waals surface area contributed by atoms with Gasteiger partial charge in [-0.2, -0.15) is 13.2 Å². The number of nitrogens with two attached hydrogens (primary N) is 1. The minimum atomic E-state index is -4.16. The van der Waals surface area contributed by atoms with Crippen LogP contribution < -0.4 is 15.8 Å². The first-order chi connectivity index (χ1) is 8.87. The van der Waals surface area contributed by atoms with Crippen LogP contribution in [-0.2, 0) is 4.79 Å². The van der Waals surface area contributed by atoms with Crippen molar-refractivity contribution in [1.29, 1.82) is 0 Å². The van der Waals surface area contributed by atoms with E-state index in [2.05, 4.69) is 5.32 Å². The van der Waals surface area contributed by atoms with E-state index in [0.717, 1.165) is 0 Å². The van der Waals surface area contributed by atoms with Crippen molar-refractivity contribution in [1.82, 2.24) is 0 Å². The van der Waals surface area contributed by atoms with Crippen molar-refractivity contribution >= 4 is 11.6 Å². The fourth-order valence-corrected chi connectivity index (χ4v) is 1.82. The molecule has 0 spiro atoms. The smallest absolute Gasteiger partial charge is 0.389 e. The molecule has 3 N–H and O–H groups in total. The van der Waals surface area contributed by atoms with Crippen LogP contribution in [0.1, 0.15) is 24.4 Å². The molecule has 104 valence electrons. The maximum Gasteiger partial charge on any atom is 0.389 e. The predicted molar refractivity (Wildman–Crippen MR) is 62.8 cm³/mol. The fraction of sp³-hybridized carbons (Fsp3) is 0.417. The van der Waals surface area contributed by atoms with Gasteiger partial charge in [-0.15, -0.1) is 0 Å². The zero-order valence-electron chi connectivity index (χ0n) is 9.96. The third-order valence-corrected chi connectivity index (χ3v) is 2.77. The van der Waals surface area contributed by atoms with Crippen LogP contribution in [0.2, 0.25) is 0 Å². The average molecular weight is 274 g/mol. The average Bonchev–Trinajstić information content (AvgIpc) is 2.59. The molecule has 7 heteroatoms. The molecule has 1 atom stereocenters. The SMILES string of the molecule is NC1C(=O)Nc2cc(OCCCC(F)(F)F)ccc21. The molecule has 0 bridgehead atoms. The van der Waals surface area contributed by atoms with Crippen molar-refractivity contribution in [2.45, 2.75) is 25.1 Å². The summed E-state index contributed by atoms with van der Waals surface area (Å²) in [7, 11) is 0. The summed E-state index contributed by atoms with van der Waals surface area (Å²) in [6.45, 7) is -0.0295. The molecule has 0 saturated heterocycles.